The van der Waals surface area contributed by atoms with Gasteiger partial charge in [0.15, 0.2) is 16.7 Å². The number of nitrogens with one attached hydrogen (secondary N) is 1. The molecule has 1 saturated heterocycles. The molecule has 216 valence electrons. The topological polar surface area (TPSA) is 124 Å². The van der Waals surface area contributed by atoms with Crippen LogP contribution in [0.3, 0.4) is 0 Å². The van der Waals surface area contributed by atoms with Crippen molar-refractivity contribution >= 4 is 57.0 Å². The Hall–Kier alpha value is -3.32. The number of H-pyrrole nitrogens is 1. The molecule has 6 rings (SSSR count). The number of fused-ring (bicyclic) bond motifs is 2. The molecule has 1 unspecified atom stereocenters. The number of halogens is 2. The number of β-amino-alcohol motifs (C(OH)–C–C–N with tert-alkyl or cyclic N) is 1. The van der Waals surface area contributed by atoms with E-state index in [0.29, 0.717) is 54.2 Å². The number of methoxy groups -OCH3 is 1. The number of carboxylic acid groups (broad SMARTS) is 1. The Morgan fingerprint density at radius 3 is 2.71 bits per heavy atom. The molecule has 2 aromatic heterocycles. The summed E-state index contributed by atoms with van der Waals surface area (Å²) in [5, 5.41) is 21.6. The van der Waals surface area contributed by atoms with E-state index in [-0.39, 0.29) is 28.4 Å². The van der Waals surface area contributed by atoms with Gasteiger partial charge in [0, 0.05) is 55.7 Å². The summed E-state index contributed by atoms with van der Waals surface area (Å²) in [5.41, 5.74) is 1.24. The molecule has 0 amide bonds. The number of hydrogen-bond donors (Lipinski definition) is 3. The molecule has 1 saturated carbocycles. The number of aromatic carboxylic acids is 1. The van der Waals surface area contributed by atoms with Crippen LogP contribution in [0.5, 0.6) is 5.75 Å². The minimum absolute atomic E-state index is 0.00158. The predicted molar refractivity (Wildman–Crippen MR) is 156 cm³/mol. The summed E-state index contributed by atoms with van der Waals surface area (Å²) >= 11 is 7.48. The van der Waals surface area contributed by atoms with Crippen molar-refractivity contribution in [2.45, 2.75) is 30.1 Å². The number of aromatic amines is 1. The fourth-order valence-electron chi connectivity index (χ4n) is 5.43. The van der Waals surface area contributed by atoms with Gasteiger partial charge in [0.05, 0.1) is 35.2 Å². The summed E-state index contributed by atoms with van der Waals surface area (Å²) in [6.07, 6.45) is 2.45. The third-order valence-electron chi connectivity index (χ3n) is 7.57. The first-order valence-electron chi connectivity index (χ1n) is 13.4. The smallest absolute Gasteiger partial charge is 0.341 e. The normalized spacial score (nSPS) is 16.9. The van der Waals surface area contributed by atoms with Crippen LogP contribution in [0.4, 0.5) is 10.1 Å². The van der Waals surface area contributed by atoms with Crippen LogP contribution in [0.25, 0.3) is 21.9 Å². The van der Waals surface area contributed by atoms with Crippen molar-refractivity contribution in [1.82, 2.24) is 19.4 Å². The van der Waals surface area contributed by atoms with Crippen molar-refractivity contribution in [2.75, 3.05) is 50.5 Å². The molecule has 3 heterocycles. The molecule has 0 bridgehead atoms. The molecular weight excluding hydrogens is 573 g/mol. The number of benzene rings is 2. The van der Waals surface area contributed by atoms with Crippen LogP contribution in [-0.4, -0.2) is 87.3 Å². The van der Waals surface area contributed by atoms with Crippen LogP contribution in [0.1, 0.15) is 29.2 Å². The molecule has 2 aromatic carbocycles. The Bertz CT molecular complexity index is 1700. The average molecular weight is 602 g/mol. The summed E-state index contributed by atoms with van der Waals surface area (Å²) in [7, 11) is 1.44. The van der Waals surface area contributed by atoms with Gasteiger partial charge in [0.1, 0.15) is 11.3 Å². The first-order chi connectivity index (χ1) is 19.7. The monoisotopic (exact) mass is 601 g/mol. The minimum Gasteiger partial charge on any atom is -0.492 e. The number of ether oxygens (including phenoxy) is 1. The number of piperazine rings is 1. The molecule has 41 heavy (non-hydrogen) atoms. The minimum atomic E-state index is -1.34. The summed E-state index contributed by atoms with van der Waals surface area (Å²) < 4.78 is 23.0. The zero-order chi connectivity index (χ0) is 28.8. The predicted octanol–water partition coefficient (Wildman–Crippen LogP) is 3.99. The number of pyridine rings is 1. The summed E-state index contributed by atoms with van der Waals surface area (Å²) in [4.78, 5) is 36.4. The second-order valence-electron chi connectivity index (χ2n) is 10.4. The number of carboxylic acids is 1. The number of thioether (sulfide) groups is 1. The van der Waals surface area contributed by atoms with Crippen molar-refractivity contribution < 1.29 is 24.1 Å². The van der Waals surface area contributed by atoms with Gasteiger partial charge < -0.3 is 29.4 Å². The molecule has 13 heteroatoms. The van der Waals surface area contributed by atoms with E-state index < -0.39 is 23.3 Å². The Morgan fingerprint density at radius 1 is 1.27 bits per heavy atom. The summed E-state index contributed by atoms with van der Waals surface area (Å²) in [6.45, 7) is 2.63. The zero-order valence-electron chi connectivity index (χ0n) is 22.3. The van der Waals surface area contributed by atoms with Crippen molar-refractivity contribution in [2.24, 2.45) is 0 Å². The molecule has 10 nitrogen and oxygen atoms in total. The van der Waals surface area contributed by atoms with E-state index in [1.165, 1.54) is 25.1 Å². The lowest BCUT2D eigenvalue weighted by Crippen LogP contribution is -2.49. The fourth-order valence-corrected chi connectivity index (χ4v) is 6.40. The number of hydrogen-bond acceptors (Lipinski definition) is 8. The Kier molecular flexibility index (Phi) is 7.58. The molecule has 1 atom stereocenters. The van der Waals surface area contributed by atoms with E-state index in [2.05, 4.69) is 14.9 Å². The maximum Gasteiger partial charge on any atom is 0.341 e. The highest BCUT2D eigenvalue weighted by Crippen LogP contribution is 2.43. The number of anilines is 1. The average Bonchev–Trinajstić information content (AvgIpc) is 3.71. The van der Waals surface area contributed by atoms with Gasteiger partial charge in [-0.15, -0.1) is 0 Å². The van der Waals surface area contributed by atoms with Crippen LogP contribution in [-0.2, 0) is 0 Å². The Labute approximate surface area is 243 Å². The third kappa shape index (κ3) is 5.49. The first-order valence-corrected chi connectivity index (χ1v) is 14.7. The largest absolute Gasteiger partial charge is 0.492 e. The van der Waals surface area contributed by atoms with Crippen molar-refractivity contribution in [1.29, 1.82) is 0 Å². The number of nitrogens with zero attached hydrogens (tertiary/aromatic N) is 4. The highest BCUT2D eigenvalue weighted by molar-refractivity contribution is 7.99. The molecule has 1 aliphatic heterocycles. The number of aromatic nitrogens is 3. The van der Waals surface area contributed by atoms with Gasteiger partial charge in [0.2, 0.25) is 5.43 Å². The molecule has 2 fully saturated rings. The van der Waals surface area contributed by atoms with Gasteiger partial charge in [-0.3, -0.25) is 9.69 Å². The van der Waals surface area contributed by atoms with Crippen molar-refractivity contribution in [3.8, 4) is 5.75 Å². The van der Waals surface area contributed by atoms with Gasteiger partial charge in [-0.2, -0.15) is 0 Å². The van der Waals surface area contributed by atoms with E-state index >= 15 is 4.39 Å². The highest BCUT2D eigenvalue weighted by Gasteiger charge is 2.32. The second-order valence-corrected chi connectivity index (χ2v) is 11.9. The van der Waals surface area contributed by atoms with Crippen LogP contribution < -0.4 is 15.1 Å². The van der Waals surface area contributed by atoms with Crippen LogP contribution in [0.15, 0.2) is 40.4 Å². The van der Waals surface area contributed by atoms with Gasteiger partial charge in [-0.05, 0) is 37.1 Å². The van der Waals surface area contributed by atoms with Crippen LogP contribution in [0, 0.1) is 5.82 Å². The Balaban J connectivity index is 1.15. The van der Waals surface area contributed by atoms with Crippen LogP contribution >= 0.6 is 23.4 Å². The highest BCUT2D eigenvalue weighted by atomic mass is 35.5. The van der Waals surface area contributed by atoms with Gasteiger partial charge in [-0.25, -0.2) is 14.2 Å². The molecular formula is C28H29ClFN5O5S. The summed E-state index contributed by atoms with van der Waals surface area (Å²) in [5.74, 6) is -1.28. The van der Waals surface area contributed by atoms with E-state index in [1.54, 1.807) is 10.6 Å². The van der Waals surface area contributed by atoms with E-state index in [0.717, 1.165) is 29.9 Å². The van der Waals surface area contributed by atoms with Crippen molar-refractivity contribution in [3.63, 3.8) is 0 Å². The number of aliphatic hydroxyl groups excluding tert-OH is 1. The molecule has 2 aliphatic rings. The van der Waals surface area contributed by atoms with E-state index in [1.807, 2.05) is 17.0 Å². The number of aliphatic hydroxyl groups is 1. The number of imidazole rings is 1. The molecule has 3 N–H and O–H groups in total. The third-order valence-corrected chi connectivity index (χ3v) is 8.82. The van der Waals surface area contributed by atoms with Gasteiger partial charge >= 0.3 is 5.97 Å². The van der Waals surface area contributed by atoms with E-state index in [4.69, 9.17) is 16.3 Å². The molecule has 4 aromatic rings. The maximum atomic E-state index is 15.6. The lowest BCUT2D eigenvalue weighted by atomic mass is 10.1. The molecule has 0 radical (unpaired) electrons. The Morgan fingerprint density at radius 2 is 2.02 bits per heavy atom. The van der Waals surface area contributed by atoms with E-state index in [9.17, 15) is 19.8 Å². The molecule has 0 spiro atoms. The van der Waals surface area contributed by atoms with Gasteiger partial charge in [0.25, 0.3) is 0 Å². The summed E-state index contributed by atoms with van der Waals surface area (Å²) in [6, 6.07) is 6.63. The van der Waals surface area contributed by atoms with Crippen LogP contribution in [0.2, 0.25) is 5.02 Å². The fraction of sp³-hybridized carbons (Fsp3) is 0.393. The standard InChI is InChI=1S/C28H29ClFN5O5S/c1-40-26-23-18(25(37)19(27(38)39)13-35(23)16-3-4-16)11-20(30)24(26)34-8-6-33(7-9-34)12-17(36)14-41-28-31-21-5-2-15(29)10-22(21)32-28/h2,5,10-11,13,16-17,36H,3-4,6-9,12,14H2,1H3,(H,31,32)(H,38,39). The van der Waals surface area contributed by atoms with Gasteiger partial charge in [-0.1, -0.05) is 23.4 Å². The number of carbonyl (C=O) groups is 1. The zero-order valence-corrected chi connectivity index (χ0v) is 23.8. The number of rotatable bonds is 9. The lowest BCUT2D eigenvalue weighted by molar-refractivity contribution is 0.0694. The maximum absolute atomic E-state index is 15.6. The quantitative estimate of drug-likeness (QED) is 0.244. The first kappa shape index (κ1) is 27.8. The second kappa shape index (κ2) is 11.2. The molecule has 1 aliphatic carbocycles. The van der Waals surface area contributed by atoms with Crippen molar-refractivity contribution in [3.05, 3.63) is 57.1 Å². The lowest BCUT2D eigenvalue weighted by Gasteiger charge is -2.37. The SMILES string of the molecule is COc1c(N2CCN(CC(O)CSc3nc4ccc(Cl)cc4[nH]3)CC2)c(F)cc2c(=O)c(C(=O)O)cn(C3CC3)c12.